The molecule has 2 aliphatic heterocycles. The van der Waals surface area contributed by atoms with E-state index in [2.05, 4.69) is 10.6 Å². The van der Waals surface area contributed by atoms with Crippen molar-refractivity contribution >= 4 is 52.2 Å². The second-order valence-corrected chi connectivity index (χ2v) is 9.23. The topological polar surface area (TPSA) is 87.5 Å². The van der Waals surface area contributed by atoms with Gasteiger partial charge in [-0.05, 0) is 54.4 Å². The van der Waals surface area contributed by atoms with Gasteiger partial charge in [-0.15, -0.1) is 0 Å². The van der Waals surface area contributed by atoms with Crippen molar-refractivity contribution in [3.8, 4) is 0 Å². The zero-order valence-corrected chi connectivity index (χ0v) is 19.7. The Morgan fingerprint density at radius 3 is 2.61 bits per heavy atom. The molecular weight excluding hydrogens is 523 g/mol. The van der Waals surface area contributed by atoms with E-state index in [-0.39, 0.29) is 11.4 Å². The number of halogens is 6. The molecule has 2 aliphatic rings. The maximum Gasteiger partial charge on any atom is 0.416 e. The molecule has 36 heavy (non-hydrogen) atoms. The van der Waals surface area contributed by atoms with Crippen LogP contribution in [0.15, 0.2) is 42.5 Å². The number of nitrogens with two attached hydrogens (primary N) is 1. The van der Waals surface area contributed by atoms with Crippen LogP contribution < -0.4 is 21.3 Å². The number of rotatable bonds is 3. The van der Waals surface area contributed by atoms with Crippen molar-refractivity contribution in [2.24, 2.45) is 0 Å². The molecule has 0 saturated carbocycles. The number of anilines is 3. The molecule has 0 saturated heterocycles. The molecule has 3 aromatic rings. The van der Waals surface area contributed by atoms with Crippen LogP contribution >= 0.6 is 23.2 Å². The lowest BCUT2D eigenvalue weighted by molar-refractivity contribution is -0.137. The minimum absolute atomic E-state index is 0.127. The van der Waals surface area contributed by atoms with Crippen LogP contribution in [0.3, 0.4) is 0 Å². The maximum atomic E-state index is 13.9. The highest BCUT2D eigenvalue weighted by molar-refractivity contribution is 6.33. The average Bonchev–Trinajstić information content (AvgIpc) is 3.25. The van der Waals surface area contributed by atoms with Crippen LogP contribution in [0.1, 0.15) is 38.7 Å². The summed E-state index contributed by atoms with van der Waals surface area (Å²) in [5.41, 5.74) is 6.83. The first kappa shape index (κ1) is 24.2. The normalized spacial score (nSPS) is 16.6. The molecule has 3 amide bonds. The third kappa shape index (κ3) is 4.10. The van der Waals surface area contributed by atoms with Crippen molar-refractivity contribution in [3.63, 3.8) is 0 Å². The first-order chi connectivity index (χ1) is 16.9. The summed E-state index contributed by atoms with van der Waals surface area (Å²) in [6, 6.07) is 6.44. The summed E-state index contributed by atoms with van der Waals surface area (Å²) >= 11 is 12.6. The first-order valence-corrected chi connectivity index (χ1v) is 11.4. The molecule has 186 valence electrons. The van der Waals surface area contributed by atoms with Crippen molar-refractivity contribution in [1.82, 2.24) is 5.32 Å². The predicted octanol–water partition coefficient (Wildman–Crippen LogP) is 6.16. The Morgan fingerprint density at radius 1 is 1.14 bits per heavy atom. The number of hydrogen-bond acceptors (Lipinski definition) is 3. The summed E-state index contributed by atoms with van der Waals surface area (Å²) in [6.07, 6.45) is -4.38. The van der Waals surface area contributed by atoms with Gasteiger partial charge >= 0.3 is 12.2 Å². The van der Waals surface area contributed by atoms with Crippen LogP contribution in [-0.4, -0.2) is 18.5 Å². The molecule has 0 aromatic heterocycles. The summed E-state index contributed by atoms with van der Waals surface area (Å²) in [4.78, 5) is 27.4. The minimum atomic E-state index is -4.85. The number of nitrogens with one attached hydrogen (secondary N) is 2. The number of nitrogen functional groups attached to an aromatic ring is 1. The molecule has 2 heterocycles. The van der Waals surface area contributed by atoms with E-state index >= 15 is 0 Å². The highest BCUT2D eigenvalue weighted by Crippen LogP contribution is 2.48. The van der Waals surface area contributed by atoms with Gasteiger partial charge in [0.15, 0.2) is 0 Å². The number of alkyl halides is 3. The fourth-order valence-electron chi connectivity index (χ4n) is 4.57. The molecule has 0 aliphatic carbocycles. The third-order valence-corrected chi connectivity index (χ3v) is 6.72. The third-order valence-electron chi connectivity index (χ3n) is 6.14. The first-order valence-electron chi connectivity index (χ1n) is 10.6. The van der Waals surface area contributed by atoms with Gasteiger partial charge in [0.2, 0.25) is 0 Å². The van der Waals surface area contributed by atoms with Gasteiger partial charge in [0.05, 0.1) is 23.0 Å². The molecule has 1 unspecified atom stereocenters. The standard InChI is InChI=1S/C24H16Cl2F4N4O2/c25-12-1-2-16(26)15(8-12)20-19-18(9-17(31)14-3-4-34(21(14)19)23(36)33-20)32-22(35)10-5-11(24(28,29)30)7-13(27)6-10/h1-2,5-9,20H,3-4,31H2,(H,32,35)(H,33,36). The zero-order valence-electron chi connectivity index (χ0n) is 18.1. The molecule has 6 nitrogen and oxygen atoms in total. The van der Waals surface area contributed by atoms with Crippen LogP contribution in [0.25, 0.3) is 0 Å². The lowest BCUT2D eigenvalue weighted by atomic mass is 9.91. The number of hydrogen-bond donors (Lipinski definition) is 3. The Hall–Kier alpha value is -3.50. The van der Waals surface area contributed by atoms with Crippen LogP contribution in [0, 0.1) is 5.82 Å². The average molecular weight is 539 g/mol. The van der Waals surface area contributed by atoms with Crippen molar-refractivity contribution in [3.05, 3.63) is 86.1 Å². The summed E-state index contributed by atoms with van der Waals surface area (Å²) < 4.78 is 53.5. The van der Waals surface area contributed by atoms with E-state index in [1.807, 2.05) is 0 Å². The Kier molecular flexibility index (Phi) is 5.76. The van der Waals surface area contributed by atoms with Crippen molar-refractivity contribution in [2.45, 2.75) is 18.6 Å². The number of amides is 3. The summed E-state index contributed by atoms with van der Waals surface area (Å²) in [7, 11) is 0. The zero-order chi connectivity index (χ0) is 25.9. The molecule has 4 N–H and O–H groups in total. The molecule has 3 aromatic carbocycles. The van der Waals surface area contributed by atoms with E-state index in [4.69, 9.17) is 28.9 Å². The van der Waals surface area contributed by atoms with E-state index in [1.165, 1.54) is 11.0 Å². The minimum Gasteiger partial charge on any atom is -0.398 e. The number of benzene rings is 3. The van der Waals surface area contributed by atoms with Gasteiger partial charge in [-0.3, -0.25) is 9.69 Å². The number of nitrogens with zero attached hydrogens (tertiary/aromatic N) is 1. The largest absolute Gasteiger partial charge is 0.416 e. The Labute approximate surface area is 212 Å². The van der Waals surface area contributed by atoms with Gasteiger partial charge in [-0.1, -0.05) is 23.2 Å². The van der Waals surface area contributed by atoms with Gasteiger partial charge in [0.1, 0.15) is 5.82 Å². The van der Waals surface area contributed by atoms with Crippen LogP contribution in [0.5, 0.6) is 0 Å². The molecule has 12 heteroatoms. The molecule has 0 bridgehead atoms. The van der Waals surface area contributed by atoms with Crippen LogP contribution in [-0.2, 0) is 12.6 Å². The van der Waals surface area contributed by atoms with E-state index < -0.39 is 41.1 Å². The second kappa shape index (κ2) is 8.56. The van der Waals surface area contributed by atoms with Gasteiger partial charge in [-0.2, -0.15) is 13.2 Å². The highest BCUT2D eigenvalue weighted by Gasteiger charge is 2.40. The van der Waals surface area contributed by atoms with Crippen LogP contribution in [0.4, 0.5) is 39.4 Å². The number of urea groups is 1. The summed E-state index contributed by atoms with van der Waals surface area (Å²) in [6.45, 7) is 0.338. The van der Waals surface area contributed by atoms with Crippen LogP contribution in [0.2, 0.25) is 10.0 Å². The Bertz CT molecular complexity index is 1440. The molecule has 0 fully saturated rings. The Balaban J connectivity index is 1.65. The van der Waals surface area contributed by atoms with Crippen molar-refractivity contribution in [1.29, 1.82) is 0 Å². The van der Waals surface area contributed by atoms with E-state index in [1.54, 1.807) is 18.2 Å². The van der Waals surface area contributed by atoms with Gasteiger partial charge in [-0.25, -0.2) is 9.18 Å². The number of carbonyl (C=O) groups excluding carboxylic acids is 2. The fraction of sp³-hybridized carbons (Fsp3) is 0.167. The lowest BCUT2D eigenvalue weighted by Crippen LogP contribution is -2.46. The molecule has 1 atom stereocenters. The van der Waals surface area contributed by atoms with E-state index in [9.17, 15) is 27.2 Å². The quantitative estimate of drug-likeness (QED) is 0.275. The summed E-state index contributed by atoms with van der Waals surface area (Å²) in [5, 5.41) is 6.04. The monoisotopic (exact) mass is 538 g/mol. The number of carbonyl (C=O) groups is 2. The Morgan fingerprint density at radius 2 is 1.89 bits per heavy atom. The van der Waals surface area contributed by atoms with E-state index in [0.717, 1.165) is 0 Å². The molecule has 0 radical (unpaired) electrons. The van der Waals surface area contributed by atoms with Gasteiger partial charge in [0.25, 0.3) is 5.91 Å². The fourth-order valence-corrected chi connectivity index (χ4v) is 4.98. The summed E-state index contributed by atoms with van der Waals surface area (Å²) in [5.74, 6) is -2.21. The van der Waals surface area contributed by atoms with Gasteiger partial charge in [0, 0.05) is 39.0 Å². The molecule has 5 rings (SSSR count). The second-order valence-electron chi connectivity index (χ2n) is 8.38. The predicted molar refractivity (Wildman–Crippen MR) is 128 cm³/mol. The van der Waals surface area contributed by atoms with Crippen molar-refractivity contribution in [2.75, 3.05) is 22.5 Å². The van der Waals surface area contributed by atoms with Gasteiger partial charge < -0.3 is 16.4 Å². The maximum absolute atomic E-state index is 13.9. The smallest absolute Gasteiger partial charge is 0.398 e. The molecular formula is C24H16Cl2F4N4O2. The highest BCUT2D eigenvalue weighted by atomic mass is 35.5. The van der Waals surface area contributed by atoms with Crippen molar-refractivity contribution < 1.29 is 27.2 Å². The lowest BCUT2D eigenvalue weighted by Gasteiger charge is -2.35. The molecule has 0 spiro atoms. The van der Waals surface area contributed by atoms with E-state index in [0.29, 0.717) is 63.6 Å². The SMILES string of the molecule is Nc1cc(NC(=O)c2cc(F)cc(C(F)(F)F)c2)c2c3c1CCN3C(=O)NC2c1cc(Cl)ccc1Cl.